The maximum absolute atomic E-state index is 13.3. The Kier molecular flexibility index (Phi) is 7.95. The highest BCUT2D eigenvalue weighted by Gasteiger charge is 2.35. The Morgan fingerprint density at radius 2 is 1.88 bits per heavy atom. The molecule has 1 aliphatic carbocycles. The summed E-state index contributed by atoms with van der Waals surface area (Å²) in [4.78, 5) is 27.6. The summed E-state index contributed by atoms with van der Waals surface area (Å²) in [5.41, 5.74) is 1.88. The topological polar surface area (TPSA) is 49.4 Å². The first-order chi connectivity index (χ1) is 12.5. The molecule has 1 fully saturated rings. The molecular weight excluding hydrogens is 348 g/mol. The van der Waals surface area contributed by atoms with Crippen LogP contribution in [0.15, 0.2) is 24.3 Å². The van der Waals surface area contributed by atoms with Gasteiger partial charge in [0.1, 0.15) is 11.9 Å². The number of alkyl halides is 1. The van der Waals surface area contributed by atoms with E-state index in [-0.39, 0.29) is 29.8 Å². The van der Waals surface area contributed by atoms with E-state index in [1.54, 1.807) is 4.90 Å². The first-order valence-electron chi connectivity index (χ1n) is 9.72. The van der Waals surface area contributed by atoms with Crippen molar-refractivity contribution < 1.29 is 9.59 Å². The van der Waals surface area contributed by atoms with Crippen LogP contribution in [0, 0.1) is 6.92 Å². The fourth-order valence-corrected chi connectivity index (χ4v) is 3.89. The number of carbonyl (C=O) groups excluding carboxylic acids is 2. The first-order valence-corrected chi connectivity index (χ1v) is 10.3. The number of benzene rings is 1. The van der Waals surface area contributed by atoms with Gasteiger partial charge in [0.05, 0.1) is 0 Å². The molecule has 0 aromatic heterocycles. The molecule has 1 aliphatic rings. The van der Waals surface area contributed by atoms with Crippen LogP contribution in [0.5, 0.6) is 0 Å². The molecule has 26 heavy (non-hydrogen) atoms. The van der Waals surface area contributed by atoms with Gasteiger partial charge in [-0.25, -0.2) is 0 Å². The molecule has 0 unspecified atom stereocenters. The van der Waals surface area contributed by atoms with E-state index in [0.717, 1.165) is 43.2 Å². The number of amides is 2. The average molecular weight is 379 g/mol. The van der Waals surface area contributed by atoms with Gasteiger partial charge in [-0.1, -0.05) is 50.5 Å². The summed E-state index contributed by atoms with van der Waals surface area (Å²) in [7, 11) is 0. The van der Waals surface area contributed by atoms with E-state index < -0.39 is 6.04 Å². The van der Waals surface area contributed by atoms with Gasteiger partial charge in [-0.05, 0) is 44.2 Å². The smallest absolute Gasteiger partial charge is 0.247 e. The molecule has 1 aromatic carbocycles. The van der Waals surface area contributed by atoms with Crippen molar-refractivity contribution in [2.75, 3.05) is 5.88 Å². The molecule has 0 radical (unpaired) electrons. The van der Waals surface area contributed by atoms with E-state index in [9.17, 15) is 9.59 Å². The second-order valence-electron chi connectivity index (χ2n) is 7.29. The van der Waals surface area contributed by atoms with E-state index in [1.807, 2.05) is 45.0 Å². The van der Waals surface area contributed by atoms with Gasteiger partial charge in [0.25, 0.3) is 0 Å². The van der Waals surface area contributed by atoms with Gasteiger partial charge in [-0.3, -0.25) is 9.59 Å². The van der Waals surface area contributed by atoms with Crippen LogP contribution in [0.3, 0.4) is 0 Å². The minimum atomic E-state index is -0.640. The van der Waals surface area contributed by atoms with E-state index in [0.29, 0.717) is 0 Å². The van der Waals surface area contributed by atoms with Crippen LogP contribution in [-0.4, -0.2) is 34.7 Å². The largest absolute Gasteiger partial charge is 0.351 e. The molecule has 0 spiro atoms. The van der Waals surface area contributed by atoms with Gasteiger partial charge in [-0.15, -0.1) is 11.6 Å². The third-order valence-corrected chi connectivity index (χ3v) is 5.66. The summed E-state index contributed by atoms with van der Waals surface area (Å²) >= 11 is 5.89. The number of nitrogens with one attached hydrogen (secondary N) is 1. The number of halogens is 1. The average Bonchev–Trinajstić information content (AvgIpc) is 2.66. The van der Waals surface area contributed by atoms with Crippen molar-refractivity contribution in [3.05, 3.63) is 35.4 Å². The number of aryl methyl sites for hydroxylation is 1. The molecule has 1 saturated carbocycles. The Morgan fingerprint density at radius 1 is 1.23 bits per heavy atom. The highest BCUT2D eigenvalue weighted by atomic mass is 35.5. The number of rotatable bonds is 7. The second kappa shape index (κ2) is 9.96. The fraction of sp³-hybridized carbons (Fsp3) is 0.619. The highest BCUT2D eigenvalue weighted by molar-refractivity contribution is 6.27. The van der Waals surface area contributed by atoms with Crippen molar-refractivity contribution in [1.82, 2.24) is 10.2 Å². The Hall–Kier alpha value is -1.55. The van der Waals surface area contributed by atoms with Crippen molar-refractivity contribution in [3.8, 4) is 0 Å². The molecule has 0 saturated heterocycles. The lowest BCUT2D eigenvalue weighted by atomic mass is 9.93. The Balaban J connectivity index is 2.38. The van der Waals surface area contributed by atoms with Crippen molar-refractivity contribution in [2.24, 2.45) is 0 Å². The predicted molar refractivity (Wildman–Crippen MR) is 106 cm³/mol. The summed E-state index contributed by atoms with van der Waals surface area (Å²) in [5.74, 6) is -0.415. The maximum Gasteiger partial charge on any atom is 0.247 e. The molecule has 0 heterocycles. The van der Waals surface area contributed by atoms with Gasteiger partial charge < -0.3 is 10.2 Å². The molecule has 1 N–H and O–H groups in total. The third-order valence-electron chi connectivity index (χ3n) is 5.43. The van der Waals surface area contributed by atoms with Crippen molar-refractivity contribution in [2.45, 2.75) is 77.4 Å². The molecule has 144 valence electrons. The van der Waals surface area contributed by atoms with E-state index >= 15 is 0 Å². The molecule has 2 rings (SSSR count). The summed E-state index contributed by atoms with van der Waals surface area (Å²) in [6.45, 7) is 5.98. The molecule has 5 heteroatoms. The standard InChI is InChI=1S/C21H31ClN2O2/c1-4-16(3)24(19(25)14-22)20(18-13-9-8-10-15(18)2)21(26)23-17-11-6-5-7-12-17/h8-10,13,16-17,20H,4-7,11-12,14H2,1-3H3,(H,23,26)/t16-,20-/m0/s1. The SMILES string of the molecule is CC[C@H](C)N(C(=O)CCl)[C@H](C(=O)NC1CCCCC1)c1ccccc1C. The zero-order valence-corrected chi connectivity index (χ0v) is 16.9. The number of hydrogen-bond acceptors (Lipinski definition) is 2. The molecule has 4 nitrogen and oxygen atoms in total. The van der Waals surface area contributed by atoms with Gasteiger partial charge in [0.15, 0.2) is 0 Å². The third kappa shape index (κ3) is 5.00. The molecular formula is C21H31ClN2O2. The van der Waals surface area contributed by atoms with Crippen LogP contribution in [-0.2, 0) is 9.59 Å². The van der Waals surface area contributed by atoms with Crippen LogP contribution in [0.1, 0.15) is 69.5 Å². The lowest BCUT2D eigenvalue weighted by molar-refractivity contribution is -0.142. The molecule has 0 bridgehead atoms. The molecule has 2 atom stereocenters. The second-order valence-corrected chi connectivity index (χ2v) is 7.56. The maximum atomic E-state index is 13.3. The van der Waals surface area contributed by atoms with Crippen molar-refractivity contribution in [1.29, 1.82) is 0 Å². The Morgan fingerprint density at radius 3 is 2.46 bits per heavy atom. The highest BCUT2D eigenvalue weighted by Crippen LogP contribution is 2.29. The summed E-state index contributed by atoms with van der Waals surface area (Å²) < 4.78 is 0. The summed E-state index contributed by atoms with van der Waals surface area (Å²) in [6, 6.07) is 7.29. The fourth-order valence-electron chi connectivity index (χ4n) is 3.75. The summed E-state index contributed by atoms with van der Waals surface area (Å²) in [6.07, 6.45) is 6.32. The first kappa shape index (κ1) is 20.8. The van der Waals surface area contributed by atoms with Crippen LogP contribution in [0.25, 0.3) is 0 Å². The minimum Gasteiger partial charge on any atom is -0.351 e. The van der Waals surface area contributed by atoms with E-state index in [2.05, 4.69) is 5.32 Å². The lowest BCUT2D eigenvalue weighted by Crippen LogP contribution is -2.50. The summed E-state index contributed by atoms with van der Waals surface area (Å²) in [5, 5.41) is 3.21. The van der Waals surface area contributed by atoms with Gasteiger partial charge in [0.2, 0.25) is 11.8 Å². The number of hydrogen-bond donors (Lipinski definition) is 1. The Labute approximate surface area is 162 Å². The van der Waals surface area contributed by atoms with Gasteiger partial charge >= 0.3 is 0 Å². The zero-order chi connectivity index (χ0) is 19.1. The van der Waals surface area contributed by atoms with Gasteiger partial charge in [0, 0.05) is 12.1 Å². The van der Waals surface area contributed by atoms with Crippen LogP contribution < -0.4 is 5.32 Å². The quantitative estimate of drug-likeness (QED) is 0.717. The molecule has 1 aromatic rings. The normalized spacial score (nSPS) is 17.4. The number of nitrogens with zero attached hydrogens (tertiary/aromatic N) is 1. The van der Waals surface area contributed by atoms with E-state index in [1.165, 1.54) is 6.42 Å². The van der Waals surface area contributed by atoms with Crippen molar-refractivity contribution in [3.63, 3.8) is 0 Å². The monoisotopic (exact) mass is 378 g/mol. The van der Waals surface area contributed by atoms with Crippen LogP contribution in [0.4, 0.5) is 0 Å². The molecule has 0 aliphatic heterocycles. The molecule has 2 amide bonds. The zero-order valence-electron chi connectivity index (χ0n) is 16.1. The van der Waals surface area contributed by atoms with Crippen molar-refractivity contribution >= 4 is 23.4 Å². The Bertz CT molecular complexity index is 614. The minimum absolute atomic E-state index is 0.0667. The predicted octanol–water partition coefficient (Wildman–Crippen LogP) is 4.35. The number of carbonyl (C=O) groups is 2. The van der Waals surface area contributed by atoms with E-state index in [4.69, 9.17) is 11.6 Å². The lowest BCUT2D eigenvalue weighted by Gasteiger charge is -2.37. The van der Waals surface area contributed by atoms with Gasteiger partial charge in [-0.2, -0.15) is 0 Å². The van der Waals surface area contributed by atoms with Crippen LogP contribution >= 0.6 is 11.6 Å². The van der Waals surface area contributed by atoms with Crippen LogP contribution in [0.2, 0.25) is 0 Å².